The first-order chi connectivity index (χ1) is 16.1. The molecule has 5 nitrogen and oxygen atoms in total. The number of ether oxygens (including phenoxy) is 1. The van der Waals surface area contributed by atoms with E-state index in [1.54, 1.807) is 36.8 Å². The first-order valence-electron chi connectivity index (χ1n) is 12.0. The number of furan rings is 1. The molecule has 1 aromatic carbocycles. The Morgan fingerprint density at radius 3 is 2.76 bits per heavy atom. The van der Waals surface area contributed by atoms with E-state index in [2.05, 4.69) is 35.3 Å². The third-order valence-corrected chi connectivity index (χ3v) is 8.27. The van der Waals surface area contributed by atoms with Crippen LogP contribution in [0.5, 0.6) is 5.75 Å². The number of nitrogens with one attached hydrogen (secondary N) is 1. The molecule has 2 aliphatic rings. The van der Waals surface area contributed by atoms with Crippen molar-refractivity contribution in [1.82, 2.24) is 4.90 Å². The molecule has 1 fully saturated rings. The number of fused-ring (bicyclic) bond motifs is 1. The number of rotatable bonds is 6. The highest BCUT2D eigenvalue weighted by molar-refractivity contribution is 7.16. The Morgan fingerprint density at radius 2 is 2.00 bits per heavy atom. The molecule has 33 heavy (non-hydrogen) atoms. The van der Waals surface area contributed by atoms with E-state index in [0.29, 0.717) is 5.76 Å². The number of carbonyl (C=O) groups is 1. The Bertz CT molecular complexity index is 1100. The van der Waals surface area contributed by atoms with Gasteiger partial charge in [0.2, 0.25) is 0 Å². The first kappa shape index (κ1) is 22.2. The SMILES string of the molecule is COc1cccc([C@@H](c2c(NC(=O)c3ccco3)sc3c2CCCC3)N2CCC(C)CC2)c1. The Kier molecular flexibility index (Phi) is 6.56. The topological polar surface area (TPSA) is 54.7 Å². The van der Waals surface area contributed by atoms with E-state index in [-0.39, 0.29) is 11.9 Å². The number of anilines is 1. The fourth-order valence-corrected chi connectivity index (χ4v) is 6.52. The quantitative estimate of drug-likeness (QED) is 0.465. The smallest absolute Gasteiger partial charge is 0.291 e. The molecular formula is C27H32N2O3S. The van der Waals surface area contributed by atoms with Crippen LogP contribution in [0, 0.1) is 5.92 Å². The molecule has 174 valence electrons. The summed E-state index contributed by atoms with van der Waals surface area (Å²) in [5, 5.41) is 4.19. The van der Waals surface area contributed by atoms with E-state index < -0.39 is 0 Å². The van der Waals surface area contributed by atoms with Crippen molar-refractivity contribution in [2.75, 3.05) is 25.5 Å². The van der Waals surface area contributed by atoms with Crippen LogP contribution in [0.3, 0.4) is 0 Å². The number of piperidine rings is 1. The average molecular weight is 465 g/mol. The lowest BCUT2D eigenvalue weighted by molar-refractivity contribution is 0.0996. The van der Waals surface area contributed by atoms with Gasteiger partial charge in [-0.2, -0.15) is 0 Å². The van der Waals surface area contributed by atoms with E-state index in [1.165, 1.54) is 47.3 Å². The van der Waals surface area contributed by atoms with E-state index in [4.69, 9.17) is 9.15 Å². The maximum Gasteiger partial charge on any atom is 0.291 e. The molecule has 1 atom stereocenters. The molecule has 0 spiro atoms. The molecule has 0 saturated carbocycles. The van der Waals surface area contributed by atoms with E-state index in [0.717, 1.165) is 42.6 Å². The molecule has 6 heteroatoms. The molecule has 2 aromatic heterocycles. The number of likely N-dealkylation sites (tertiary alicyclic amines) is 1. The van der Waals surface area contributed by atoms with Crippen LogP contribution in [-0.2, 0) is 12.8 Å². The summed E-state index contributed by atoms with van der Waals surface area (Å²) in [6.45, 7) is 4.46. The van der Waals surface area contributed by atoms with Crippen LogP contribution >= 0.6 is 11.3 Å². The largest absolute Gasteiger partial charge is 0.497 e. The van der Waals surface area contributed by atoms with Gasteiger partial charge in [-0.15, -0.1) is 11.3 Å². The van der Waals surface area contributed by atoms with Crippen LogP contribution in [0.15, 0.2) is 47.1 Å². The molecule has 5 rings (SSSR count). The minimum absolute atomic E-state index is 0.0950. The lowest BCUT2D eigenvalue weighted by atomic mass is 9.87. The Morgan fingerprint density at radius 1 is 1.18 bits per heavy atom. The summed E-state index contributed by atoms with van der Waals surface area (Å²) in [4.78, 5) is 17.0. The van der Waals surface area contributed by atoms with Crippen LogP contribution in [0.4, 0.5) is 5.00 Å². The maximum absolute atomic E-state index is 13.0. The predicted octanol–water partition coefficient (Wildman–Crippen LogP) is 6.30. The normalized spacial score (nSPS) is 18.0. The van der Waals surface area contributed by atoms with Crippen molar-refractivity contribution >= 4 is 22.2 Å². The zero-order valence-corrected chi connectivity index (χ0v) is 20.2. The second-order valence-corrected chi connectivity index (χ2v) is 10.4. The molecule has 1 saturated heterocycles. The van der Waals surface area contributed by atoms with Gasteiger partial charge < -0.3 is 14.5 Å². The zero-order valence-electron chi connectivity index (χ0n) is 19.4. The van der Waals surface area contributed by atoms with Crippen molar-refractivity contribution in [3.63, 3.8) is 0 Å². The molecule has 1 N–H and O–H groups in total. The summed E-state index contributed by atoms with van der Waals surface area (Å²) < 4.78 is 11.0. The second kappa shape index (κ2) is 9.74. The molecule has 1 aliphatic carbocycles. The van der Waals surface area contributed by atoms with Gasteiger partial charge in [0, 0.05) is 10.4 Å². The highest BCUT2D eigenvalue weighted by Gasteiger charge is 2.34. The number of nitrogens with zero attached hydrogens (tertiary/aromatic N) is 1. The summed E-state index contributed by atoms with van der Waals surface area (Å²) in [7, 11) is 1.72. The lowest BCUT2D eigenvalue weighted by Crippen LogP contribution is -2.37. The minimum Gasteiger partial charge on any atom is -0.497 e. The van der Waals surface area contributed by atoms with Gasteiger partial charge in [0.25, 0.3) is 5.91 Å². The summed E-state index contributed by atoms with van der Waals surface area (Å²) in [5.41, 5.74) is 3.94. The van der Waals surface area contributed by atoms with Crippen LogP contribution in [0.25, 0.3) is 0 Å². The molecule has 0 bridgehead atoms. The highest BCUT2D eigenvalue weighted by atomic mass is 32.1. The Hall–Kier alpha value is -2.57. The first-order valence-corrected chi connectivity index (χ1v) is 12.8. The summed E-state index contributed by atoms with van der Waals surface area (Å²) in [5.74, 6) is 1.78. The van der Waals surface area contributed by atoms with Gasteiger partial charge >= 0.3 is 0 Å². The van der Waals surface area contributed by atoms with Crippen molar-refractivity contribution in [3.05, 3.63) is 70.0 Å². The van der Waals surface area contributed by atoms with E-state index in [1.807, 2.05) is 6.07 Å². The number of aryl methyl sites for hydroxylation is 1. The standard InChI is InChI=1S/C27H32N2O3S/c1-18-12-14-29(15-13-18)25(19-7-5-8-20(17-19)31-2)24-21-9-3-4-11-23(21)33-27(24)28-26(30)22-10-6-16-32-22/h5-8,10,16-18,25H,3-4,9,11-15H2,1-2H3,(H,28,30)/t25-/m0/s1. The number of thiophene rings is 1. The molecule has 1 amide bonds. The third-order valence-electron chi connectivity index (χ3n) is 7.05. The second-order valence-electron chi connectivity index (χ2n) is 9.28. The number of hydrogen-bond donors (Lipinski definition) is 1. The maximum atomic E-state index is 13.0. The van der Waals surface area contributed by atoms with Crippen LogP contribution in [0.1, 0.15) is 70.8 Å². The van der Waals surface area contributed by atoms with Crippen LogP contribution in [-0.4, -0.2) is 31.0 Å². The zero-order chi connectivity index (χ0) is 22.8. The van der Waals surface area contributed by atoms with Crippen molar-refractivity contribution in [2.24, 2.45) is 5.92 Å². The highest BCUT2D eigenvalue weighted by Crippen LogP contribution is 2.46. The van der Waals surface area contributed by atoms with Crippen LogP contribution < -0.4 is 10.1 Å². The van der Waals surface area contributed by atoms with Crippen molar-refractivity contribution < 1.29 is 13.9 Å². The van der Waals surface area contributed by atoms with Crippen molar-refractivity contribution in [2.45, 2.75) is 51.5 Å². The van der Waals surface area contributed by atoms with Gasteiger partial charge in [-0.1, -0.05) is 19.1 Å². The van der Waals surface area contributed by atoms with Crippen LogP contribution in [0.2, 0.25) is 0 Å². The third kappa shape index (κ3) is 4.59. The van der Waals surface area contributed by atoms with Gasteiger partial charge in [-0.05, 0) is 92.9 Å². The molecule has 3 aromatic rings. The number of amides is 1. The van der Waals surface area contributed by atoms with Gasteiger partial charge in [0.15, 0.2) is 5.76 Å². The Balaban J connectivity index is 1.61. The van der Waals surface area contributed by atoms with Gasteiger partial charge in [0.1, 0.15) is 10.8 Å². The fourth-order valence-electron chi connectivity index (χ4n) is 5.20. The molecule has 1 aliphatic heterocycles. The van der Waals surface area contributed by atoms with Gasteiger partial charge in [-0.3, -0.25) is 9.69 Å². The molecular weight excluding hydrogens is 432 g/mol. The summed E-state index contributed by atoms with van der Waals surface area (Å²) >= 11 is 1.75. The average Bonchev–Trinajstić information content (AvgIpc) is 3.50. The molecule has 0 unspecified atom stereocenters. The number of hydrogen-bond acceptors (Lipinski definition) is 5. The fraction of sp³-hybridized carbons (Fsp3) is 0.444. The number of benzene rings is 1. The van der Waals surface area contributed by atoms with Crippen molar-refractivity contribution in [1.29, 1.82) is 0 Å². The minimum atomic E-state index is -0.184. The van der Waals surface area contributed by atoms with Gasteiger partial charge in [0.05, 0.1) is 19.4 Å². The Labute approximate surface area is 199 Å². The molecule has 3 heterocycles. The van der Waals surface area contributed by atoms with E-state index in [9.17, 15) is 4.79 Å². The number of methoxy groups -OCH3 is 1. The van der Waals surface area contributed by atoms with E-state index >= 15 is 0 Å². The van der Waals surface area contributed by atoms with Crippen molar-refractivity contribution in [3.8, 4) is 5.75 Å². The number of carbonyl (C=O) groups excluding carboxylic acids is 1. The monoisotopic (exact) mass is 464 g/mol. The summed E-state index contributed by atoms with van der Waals surface area (Å²) in [6, 6.07) is 12.0. The summed E-state index contributed by atoms with van der Waals surface area (Å²) in [6.07, 6.45) is 8.51. The van der Waals surface area contributed by atoms with Gasteiger partial charge in [-0.25, -0.2) is 0 Å². The lowest BCUT2D eigenvalue weighted by Gasteiger charge is -2.38. The predicted molar refractivity (Wildman–Crippen MR) is 132 cm³/mol. The molecule has 0 radical (unpaired) electrons.